The van der Waals surface area contributed by atoms with Gasteiger partial charge in [0.2, 0.25) is 5.91 Å². The predicted octanol–water partition coefficient (Wildman–Crippen LogP) is 1.22. The molecule has 0 atom stereocenters. The Bertz CT molecular complexity index is 689. The Labute approximate surface area is 134 Å². The predicted molar refractivity (Wildman–Crippen MR) is 82.5 cm³/mol. The van der Waals surface area contributed by atoms with Crippen molar-refractivity contribution in [2.24, 2.45) is 0 Å². The van der Waals surface area contributed by atoms with Crippen LogP contribution in [0.15, 0.2) is 22.8 Å². The molecule has 122 valence electrons. The molecule has 2 aromatic rings. The highest BCUT2D eigenvalue weighted by Gasteiger charge is 2.32. The topological polar surface area (TPSA) is 67.4 Å². The van der Waals surface area contributed by atoms with Gasteiger partial charge in [0, 0.05) is 26.1 Å². The summed E-state index contributed by atoms with van der Waals surface area (Å²) in [5.74, 6) is 3.63. The summed E-state index contributed by atoms with van der Waals surface area (Å²) in [5, 5.41) is 8.65. The molecule has 7 nitrogen and oxygen atoms in total. The third-order valence-electron chi connectivity index (χ3n) is 4.56. The molecule has 3 heterocycles. The van der Waals surface area contributed by atoms with Crippen LogP contribution < -0.4 is 0 Å². The summed E-state index contributed by atoms with van der Waals surface area (Å²) in [7, 11) is 1.81. The molecular weight excluding hydrogens is 294 g/mol. The summed E-state index contributed by atoms with van der Waals surface area (Å²) in [6.07, 6.45) is 4.10. The molecular formula is C16H21N5O2. The average Bonchev–Trinajstić information content (AvgIpc) is 3.09. The van der Waals surface area contributed by atoms with E-state index >= 15 is 0 Å². The van der Waals surface area contributed by atoms with E-state index < -0.39 is 0 Å². The monoisotopic (exact) mass is 315 g/mol. The zero-order valence-electron chi connectivity index (χ0n) is 13.3. The van der Waals surface area contributed by atoms with Crippen LogP contribution in [0, 0.1) is 0 Å². The van der Waals surface area contributed by atoms with Gasteiger partial charge in [0.15, 0.2) is 0 Å². The molecule has 1 aliphatic carbocycles. The standard InChI is InChI=1S/C16H21N5O2/c1-19(9-13-3-2-8-23-13)15(22)11-20-6-7-21-14(10-20)17-18-16(21)12-4-5-12/h2-3,8,12H,4-7,9-11H2,1H3. The van der Waals surface area contributed by atoms with E-state index in [1.54, 1.807) is 11.2 Å². The van der Waals surface area contributed by atoms with Crippen LogP contribution in [0.25, 0.3) is 0 Å². The van der Waals surface area contributed by atoms with Crippen LogP contribution in [-0.4, -0.2) is 50.6 Å². The van der Waals surface area contributed by atoms with Gasteiger partial charge in [0.05, 0.1) is 25.9 Å². The number of carbonyl (C=O) groups excluding carboxylic acids is 1. The Kier molecular flexibility index (Phi) is 3.65. The molecule has 4 rings (SSSR count). The molecule has 0 spiro atoms. The van der Waals surface area contributed by atoms with E-state index in [2.05, 4.69) is 19.7 Å². The SMILES string of the molecule is CN(Cc1ccco1)C(=O)CN1CCn2c(nnc2C2CC2)C1. The van der Waals surface area contributed by atoms with Gasteiger partial charge >= 0.3 is 0 Å². The molecule has 1 aliphatic heterocycles. The molecule has 0 unspecified atom stereocenters. The van der Waals surface area contributed by atoms with Crippen LogP contribution in [0.2, 0.25) is 0 Å². The number of nitrogens with zero attached hydrogens (tertiary/aromatic N) is 5. The third kappa shape index (κ3) is 3.01. The van der Waals surface area contributed by atoms with Crippen LogP contribution in [-0.2, 0) is 24.4 Å². The van der Waals surface area contributed by atoms with Gasteiger partial charge in [-0.05, 0) is 25.0 Å². The fraction of sp³-hybridized carbons (Fsp3) is 0.562. The summed E-state index contributed by atoms with van der Waals surface area (Å²) in [5.41, 5.74) is 0. The van der Waals surface area contributed by atoms with Crippen LogP contribution >= 0.6 is 0 Å². The summed E-state index contributed by atoms with van der Waals surface area (Å²) in [6.45, 7) is 3.35. The lowest BCUT2D eigenvalue weighted by Gasteiger charge is -2.28. The van der Waals surface area contributed by atoms with Crippen molar-refractivity contribution in [3.63, 3.8) is 0 Å². The number of rotatable bonds is 5. The minimum Gasteiger partial charge on any atom is -0.467 e. The zero-order valence-corrected chi connectivity index (χ0v) is 13.3. The zero-order chi connectivity index (χ0) is 15.8. The molecule has 0 aromatic carbocycles. The Morgan fingerprint density at radius 3 is 3.00 bits per heavy atom. The van der Waals surface area contributed by atoms with Gasteiger partial charge in [0.25, 0.3) is 0 Å². The molecule has 7 heteroatoms. The first-order valence-electron chi connectivity index (χ1n) is 8.11. The van der Waals surface area contributed by atoms with Crippen LogP contribution in [0.5, 0.6) is 0 Å². The van der Waals surface area contributed by atoms with E-state index in [9.17, 15) is 4.79 Å². The largest absolute Gasteiger partial charge is 0.467 e. The number of fused-ring (bicyclic) bond motifs is 1. The van der Waals surface area contributed by atoms with Crippen molar-refractivity contribution < 1.29 is 9.21 Å². The maximum Gasteiger partial charge on any atom is 0.236 e. The number of amides is 1. The van der Waals surface area contributed by atoms with E-state index in [0.29, 0.717) is 25.6 Å². The van der Waals surface area contributed by atoms with Crippen LogP contribution in [0.3, 0.4) is 0 Å². The second-order valence-electron chi connectivity index (χ2n) is 6.44. The molecule has 0 N–H and O–H groups in total. The number of hydrogen-bond acceptors (Lipinski definition) is 5. The molecule has 0 bridgehead atoms. The van der Waals surface area contributed by atoms with Gasteiger partial charge in [-0.15, -0.1) is 10.2 Å². The maximum absolute atomic E-state index is 12.4. The molecule has 0 radical (unpaired) electrons. The Balaban J connectivity index is 1.35. The lowest BCUT2D eigenvalue weighted by atomic mass is 10.3. The summed E-state index contributed by atoms with van der Waals surface area (Å²) in [6, 6.07) is 3.72. The first-order valence-corrected chi connectivity index (χ1v) is 8.11. The smallest absolute Gasteiger partial charge is 0.236 e. The van der Waals surface area contributed by atoms with E-state index in [1.165, 1.54) is 12.8 Å². The number of aromatic nitrogens is 3. The molecule has 1 amide bonds. The Morgan fingerprint density at radius 2 is 2.26 bits per heavy atom. The molecule has 1 fully saturated rings. The lowest BCUT2D eigenvalue weighted by Crippen LogP contribution is -2.42. The minimum atomic E-state index is 0.0942. The lowest BCUT2D eigenvalue weighted by molar-refractivity contribution is -0.132. The first kappa shape index (κ1) is 14.4. The molecule has 2 aliphatic rings. The maximum atomic E-state index is 12.4. The second-order valence-corrected chi connectivity index (χ2v) is 6.44. The molecule has 1 saturated carbocycles. The average molecular weight is 315 g/mol. The van der Waals surface area contributed by atoms with Crippen molar-refractivity contribution >= 4 is 5.91 Å². The van der Waals surface area contributed by atoms with Crippen molar-refractivity contribution in [2.45, 2.75) is 38.4 Å². The molecule has 0 saturated heterocycles. The Morgan fingerprint density at radius 1 is 1.39 bits per heavy atom. The normalized spacial score (nSPS) is 18.0. The first-order chi connectivity index (χ1) is 11.2. The molecule has 23 heavy (non-hydrogen) atoms. The summed E-state index contributed by atoms with van der Waals surface area (Å²) in [4.78, 5) is 16.2. The number of carbonyl (C=O) groups is 1. The summed E-state index contributed by atoms with van der Waals surface area (Å²) >= 11 is 0. The van der Waals surface area contributed by atoms with Crippen molar-refractivity contribution in [2.75, 3.05) is 20.1 Å². The van der Waals surface area contributed by atoms with E-state index in [1.807, 2.05) is 19.2 Å². The van der Waals surface area contributed by atoms with Gasteiger partial charge in [-0.25, -0.2) is 0 Å². The van der Waals surface area contributed by atoms with Crippen molar-refractivity contribution in [3.8, 4) is 0 Å². The van der Waals surface area contributed by atoms with Crippen molar-refractivity contribution in [1.29, 1.82) is 0 Å². The van der Waals surface area contributed by atoms with E-state index in [0.717, 1.165) is 30.5 Å². The molecule has 2 aromatic heterocycles. The number of furan rings is 1. The van der Waals surface area contributed by atoms with Crippen molar-refractivity contribution in [3.05, 3.63) is 35.8 Å². The Hall–Kier alpha value is -2.15. The highest BCUT2D eigenvalue weighted by Crippen LogP contribution is 2.39. The van der Waals surface area contributed by atoms with Gasteiger partial charge in [-0.2, -0.15) is 0 Å². The van der Waals surface area contributed by atoms with E-state index in [-0.39, 0.29) is 5.91 Å². The van der Waals surface area contributed by atoms with Crippen molar-refractivity contribution in [1.82, 2.24) is 24.6 Å². The highest BCUT2D eigenvalue weighted by atomic mass is 16.3. The second kappa shape index (κ2) is 5.81. The van der Waals surface area contributed by atoms with Gasteiger partial charge in [-0.3, -0.25) is 9.69 Å². The van der Waals surface area contributed by atoms with Gasteiger partial charge in [-0.1, -0.05) is 0 Å². The fourth-order valence-corrected chi connectivity index (χ4v) is 3.05. The van der Waals surface area contributed by atoms with Gasteiger partial charge < -0.3 is 13.9 Å². The quantitative estimate of drug-likeness (QED) is 0.830. The number of hydrogen-bond donors (Lipinski definition) is 0. The van der Waals surface area contributed by atoms with Crippen LogP contribution in [0.4, 0.5) is 0 Å². The highest BCUT2D eigenvalue weighted by molar-refractivity contribution is 5.77. The third-order valence-corrected chi connectivity index (χ3v) is 4.56. The fourth-order valence-electron chi connectivity index (χ4n) is 3.05. The number of likely N-dealkylation sites (N-methyl/N-ethyl adjacent to an activating group) is 1. The van der Waals surface area contributed by atoms with E-state index in [4.69, 9.17) is 4.42 Å². The van der Waals surface area contributed by atoms with Gasteiger partial charge in [0.1, 0.15) is 17.4 Å². The summed E-state index contributed by atoms with van der Waals surface area (Å²) < 4.78 is 7.53. The minimum absolute atomic E-state index is 0.0942. The van der Waals surface area contributed by atoms with Crippen LogP contribution in [0.1, 0.15) is 36.2 Å².